The third-order valence-corrected chi connectivity index (χ3v) is 5.05. The molecule has 140 valence electrons. The molecule has 4 rings (SSSR count). The van der Waals surface area contributed by atoms with Crippen LogP contribution in [0.15, 0.2) is 48.5 Å². The number of benzene rings is 2. The highest BCUT2D eigenvalue weighted by Gasteiger charge is 2.39. The molecule has 2 heterocycles. The predicted octanol–water partition coefficient (Wildman–Crippen LogP) is 3.03. The van der Waals surface area contributed by atoms with Crippen molar-refractivity contribution in [2.75, 3.05) is 0 Å². The van der Waals surface area contributed by atoms with Gasteiger partial charge < -0.3 is 20.1 Å². The topological polar surface area (TPSA) is 76.7 Å². The molecule has 0 aromatic heterocycles. The molecular weight excluding hydrogens is 344 g/mol. The number of esters is 1. The number of hydrogen-bond donors (Lipinski definition) is 2. The summed E-state index contributed by atoms with van der Waals surface area (Å²) in [5.41, 5.74) is 0.621. The Morgan fingerprint density at radius 3 is 2.15 bits per heavy atom. The number of nitrogens with one attached hydrogen (secondary N) is 2. The van der Waals surface area contributed by atoms with Crippen molar-refractivity contribution in [2.24, 2.45) is 0 Å². The molecule has 0 spiro atoms. The highest BCUT2D eigenvalue weighted by atomic mass is 16.5. The summed E-state index contributed by atoms with van der Waals surface area (Å²) in [6.07, 6.45) is 3.37. The number of fused-ring (bicyclic) bond motifs is 2. The maximum atomic E-state index is 12.5. The summed E-state index contributed by atoms with van der Waals surface area (Å²) in [5, 5.41) is 6.66. The molecule has 2 saturated heterocycles. The summed E-state index contributed by atoms with van der Waals surface area (Å²) in [4.78, 5) is 23.4. The Morgan fingerprint density at radius 2 is 1.59 bits per heavy atom. The fraction of sp³-hybridized carbons (Fsp3) is 0.333. The Bertz CT molecular complexity index is 832. The van der Waals surface area contributed by atoms with Crippen molar-refractivity contribution in [3.05, 3.63) is 54.1 Å². The Hall–Kier alpha value is -2.86. The van der Waals surface area contributed by atoms with Crippen molar-refractivity contribution >= 4 is 11.9 Å². The molecule has 0 saturated carbocycles. The number of rotatable bonds is 5. The van der Waals surface area contributed by atoms with Gasteiger partial charge in [-0.3, -0.25) is 9.59 Å². The summed E-state index contributed by atoms with van der Waals surface area (Å²) in [6.45, 7) is 1.36. The van der Waals surface area contributed by atoms with Gasteiger partial charge in [0.15, 0.2) is 0 Å². The van der Waals surface area contributed by atoms with Crippen molar-refractivity contribution in [3.63, 3.8) is 0 Å². The van der Waals surface area contributed by atoms with Crippen LogP contribution in [-0.2, 0) is 4.79 Å². The Labute approximate surface area is 157 Å². The lowest BCUT2D eigenvalue weighted by molar-refractivity contribution is -0.131. The van der Waals surface area contributed by atoms with E-state index in [1.54, 1.807) is 48.5 Å². The van der Waals surface area contributed by atoms with Crippen LogP contribution in [0.3, 0.4) is 0 Å². The van der Waals surface area contributed by atoms with Crippen LogP contribution in [0, 0.1) is 0 Å². The van der Waals surface area contributed by atoms with E-state index >= 15 is 0 Å². The number of carbonyl (C=O) groups is 2. The molecule has 0 radical (unpaired) electrons. The van der Waals surface area contributed by atoms with E-state index in [9.17, 15) is 9.59 Å². The van der Waals surface area contributed by atoms with Crippen LogP contribution >= 0.6 is 0 Å². The van der Waals surface area contributed by atoms with Gasteiger partial charge in [0.05, 0.1) is 0 Å². The van der Waals surface area contributed by atoms with Crippen molar-refractivity contribution in [2.45, 2.75) is 44.3 Å². The van der Waals surface area contributed by atoms with Crippen LogP contribution in [-0.4, -0.2) is 30.0 Å². The molecule has 1 amide bonds. The Kier molecular flexibility index (Phi) is 4.81. The van der Waals surface area contributed by atoms with Crippen LogP contribution in [0.25, 0.3) is 0 Å². The second-order valence-corrected chi connectivity index (χ2v) is 7.05. The zero-order chi connectivity index (χ0) is 18.8. The van der Waals surface area contributed by atoms with E-state index in [4.69, 9.17) is 9.47 Å². The summed E-state index contributed by atoms with van der Waals surface area (Å²) in [6, 6.07) is 15.0. The average molecular weight is 366 g/mol. The van der Waals surface area contributed by atoms with Crippen LogP contribution in [0.5, 0.6) is 17.2 Å². The monoisotopic (exact) mass is 366 g/mol. The number of amides is 1. The van der Waals surface area contributed by atoms with E-state index in [0.717, 1.165) is 12.8 Å². The first-order valence-corrected chi connectivity index (χ1v) is 9.20. The predicted molar refractivity (Wildman–Crippen MR) is 100 cm³/mol. The van der Waals surface area contributed by atoms with Crippen molar-refractivity contribution in [1.29, 1.82) is 0 Å². The quantitative estimate of drug-likeness (QED) is 0.628. The first kappa shape index (κ1) is 17.5. The van der Waals surface area contributed by atoms with Crippen LogP contribution in [0.1, 0.15) is 36.5 Å². The van der Waals surface area contributed by atoms with Gasteiger partial charge >= 0.3 is 5.97 Å². The molecule has 2 bridgehead atoms. The number of carbonyl (C=O) groups excluding carboxylic acids is 2. The second kappa shape index (κ2) is 7.40. The molecule has 3 atom stereocenters. The van der Waals surface area contributed by atoms with E-state index in [0.29, 0.717) is 34.9 Å². The van der Waals surface area contributed by atoms with E-state index < -0.39 is 0 Å². The van der Waals surface area contributed by atoms with Crippen molar-refractivity contribution in [3.8, 4) is 17.2 Å². The largest absolute Gasteiger partial charge is 0.457 e. The molecular formula is C21H22N2O4. The Balaban J connectivity index is 1.34. The van der Waals surface area contributed by atoms with Gasteiger partial charge in [0.25, 0.3) is 5.91 Å². The molecule has 6 nitrogen and oxygen atoms in total. The minimum Gasteiger partial charge on any atom is -0.457 e. The number of hydrogen-bond acceptors (Lipinski definition) is 5. The van der Waals surface area contributed by atoms with Gasteiger partial charge in [-0.2, -0.15) is 0 Å². The zero-order valence-corrected chi connectivity index (χ0v) is 15.1. The van der Waals surface area contributed by atoms with Gasteiger partial charge in [-0.15, -0.1) is 0 Å². The molecule has 27 heavy (non-hydrogen) atoms. The number of ether oxygens (including phenoxy) is 2. The first-order chi connectivity index (χ1) is 13.1. The maximum absolute atomic E-state index is 12.5. The van der Waals surface area contributed by atoms with Gasteiger partial charge in [0.1, 0.15) is 17.2 Å². The fourth-order valence-electron chi connectivity index (χ4n) is 3.79. The van der Waals surface area contributed by atoms with Crippen LogP contribution < -0.4 is 20.1 Å². The van der Waals surface area contributed by atoms with Crippen LogP contribution in [0.2, 0.25) is 0 Å². The molecule has 6 heteroatoms. The highest BCUT2D eigenvalue weighted by molar-refractivity contribution is 5.94. The van der Waals surface area contributed by atoms with Gasteiger partial charge in [0, 0.05) is 30.6 Å². The highest BCUT2D eigenvalue weighted by Crippen LogP contribution is 2.29. The van der Waals surface area contributed by atoms with Gasteiger partial charge in [0.2, 0.25) is 0 Å². The van der Waals surface area contributed by atoms with E-state index in [-0.39, 0.29) is 17.9 Å². The first-order valence-electron chi connectivity index (χ1n) is 9.20. The molecule has 2 N–H and O–H groups in total. The molecule has 2 aliphatic heterocycles. The smallest absolute Gasteiger partial charge is 0.308 e. The van der Waals surface area contributed by atoms with Gasteiger partial charge in [-0.25, -0.2) is 0 Å². The van der Waals surface area contributed by atoms with E-state index in [1.807, 2.05) is 0 Å². The average Bonchev–Trinajstić information content (AvgIpc) is 3.26. The van der Waals surface area contributed by atoms with Crippen LogP contribution in [0.4, 0.5) is 0 Å². The fourth-order valence-corrected chi connectivity index (χ4v) is 3.79. The third-order valence-electron chi connectivity index (χ3n) is 5.05. The summed E-state index contributed by atoms with van der Waals surface area (Å²) in [7, 11) is 0. The normalized spacial score (nSPS) is 23.1. The lowest BCUT2D eigenvalue weighted by atomic mass is 9.95. The Morgan fingerprint density at radius 1 is 0.963 bits per heavy atom. The standard InChI is InChI=1S/C21H22N2O4/c1-13(24)26-16-7-9-18(10-8-16)27-17-5-2-14(3-6-17)21(25)23-20-12-15-4-11-19(20)22-15/h2-3,5-10,15,19-20,22H,4,11-12H2,1H3,(H,23,25). The minimum absolute atomic E-state index is 0.0494. The molecule has 0 aliphatic carbocycles. The van der Waals surface area contributed by atoms with Crippen molar-refractivity contribution < 1.29 is 19.1 Å². The SMILES string of the molecule is CC(=O)Oc1ccc(Oc2ccc(C(=O)NC3CC4CCC3N4)cc2)cc1. The minimum atomic E-state index is -0.362. The second-order valence-electron chi connectivity index (χ2n) is 7.05. The molecule has 2 aliphatic rings. The molecule has 2 fully saturated rings. The van der Waals surface area contributed by atoms with E-state index in [1.165, 1.54) is 13.3 Å². The summed E-state index contributed by atoms with van der Waals surface area (Å²) >= 11 is 0. The van der Waals surface area contributed by atoms with Gasteiger partial charge in [-0.1, -0.05) is 0 Å². The lowest BCUT2D eigenvalue weighted by Crippen LogP contribution is -2.42. The molecule has 2 aromatic carbocycles. The van der Waals surface area contributed by atoms with Crippen molar-refractivity contribution in [1.82, 2.24) is 10.6 Å². The maximum Gasteiger partial charge on any atom is 0.308 e. The van der Waals surface area contributed by atoms with E-state index in [2.05, 4.69) is 10.6 Å². The van der Waals surface area contributed by atoms with Gasteiger partial charge in [-0.05, 0) is 67.8 Å². The lowest BCUT2D eigenvalue weighted by Gasteiger charge is -2.21. The molecule has 3 unspecified atom stereocenters. The summed E-state index contributed by atoms with van der Waals surface area (Å²) in [5.74, 6) is 1.31. The summed E-state index contributed by atoms with van der Waals surface area (Å²) < 4.78 is 10.8. The zero-order valence-electron chi connectivity index (χ0n) is 15.1. The molecule has 2 aromatic rings. The third kappa shape index (κ3) is 4.11.